The van der Waals surface area contributed by atoms with Gasteiger partial charge in [-0.15, -0.1) is 0 Å². The largest absolute Gasteiger partial charge is 0.352 e. The lowest BCUT2D eigenvalue weighted by Gasteiger charge is -2.28. The summed E-state index contributed by atoms with van der Waals surface area (Å²) in [5.41, 5.74) is 7.04. The summed E-state index contributed by atoms with van der Waals surface area (Å²) < 4.78 is 3.39. The van der Waals surface area contributed by atoms with Gasteiger partial charge in [0.15, 0.2) is 5.11 Å². The Labute approximate surface area is 208 Å². The molecule has 33 heavy (non-hydrogen) atoms. The monoisotopic (exact) mass is 516 g/mol. The van der Waals surface area contributed by atoms with E-state index >= 15 is 0 Å². The Morgan fingerprint density at radius 3 is 2.39 bits per heavy atom. The van der Waals surface area contributed by atoms with E-state index in [1.807, 2.05) is 24.4 Å². The van der Waals surface area contributed by atoms with Crippen LogP contribution in [0.25, 0.3) is 5.69 Å². The highest BCUT2D eigenvalue weighted by atomic mass is 79.9. The third-order valence-electron chi connectivity index (χ3n) is 6.27. The maximum Gasteiger partial charge on any atom is 0.170 e. The van der Waals surface area contributed by atoms with E-state index in [4.69, 9.17) is 12.2 Å². The van der Waals surface area contributed by atoms with E-state index in [1.165, 1.54) is 22.5 Å². The first-order valence-corrected chi connectivity index (χ1v) is 12.2. The molecular weight excluding hydrogens is 492 g/mol. The minimum absolute atomic E-state index is 0.0266. The first-order chi connectivity index (χ1) is 16.0. The number of hydrogen-bond acceptors (Lipinski definition) is 2. The van der Waals surface area contributed by atoms with Crippen LogP contribution in [0.4, 0.5) is 0 Å². The number of nitrogens with one attached hydrogen (secondary N) is 1. The Morgan fingerprint density at radius 1 is 0.970 bits per heavy atom. The van der Waals surface area contributed by atoms with Crippen molar-refractivity contribution in [2.75, 3.05) is 0 Å². The second kappa shape index (κ2) is 9.12. The van der Waals surface area contributed by atoms with Gasteiger partial charge in [0.05, 0.1) is 17.8 Å². The quantitative estimate of drug-likeness (QED) is 0.310. The topological polar surface area (TPSA) is 33.1 Å². The van der Waals surface area contributed by atoms with Crippen LogP contribution >= 0.6 is 28.1 Å². The van der Waals surface area contributed by atoms with Crippen LogP contribution in [0, 0.1) is 13.8 Å². The molecule has 4 aromatic rings. The van der Waals surface area contributed by atoms with Crippen molar-refractivity contribution >= 4 is 33.3 Å². The Kier molecular flexibility index (Phi) is 6.04. The molecule has 3 heterocycles. The lowest BCUT2D eigenvalue weighted by atomic mass is 9.96. The van der Waals surface area contributed by atoms with Gasteiger partial charge in [-0.3, -0.25) is 4.98 Å². The van der Waals surface area contributed by atoms with Crippen molar-refractivity contribution in [3.8, 4) is 5.69 Å². The molecule has 0 unspecified atom stereocenters. The van der Waals surface area contributed by atoms with Gasteiger partial charge >= 0.3 is 0 Å². The van der Waals surface area contributed by atoms with Crippen molar-refractivity contribution in [2.45, 2.75) is 32.5 Å². The smallest absolute Gasteiger partial charge is 0.170 e. The van der Waals surface area contributed by atoms with Crippen LogP contribution < -0.4 is 5.32 Å². The SMILES string of the molecule is Cc1cc([C@@H]2[C@@H](c3ccccn3)NC(=S)N2Cc2ccccc2)c(C)n1-c1ccc(Br)cc1. The van der Waals surface area contributed by atoms with Crippen molar-refractivity contribution in [1.82, 2.24) is 19.8 Å². The fourth-order valence-electron chi connectivity index (χ4n) is 4.77. The molecule has 2 aromatic heterocycles. The third kappa shape index (κ3) is 4.21. The summed E-state index contributed by atoms with van der Waals surface area (Å²) in [6.07, 6.45) is 1.85. The Morgan fingerprint density at radius 2 is 1.70 bits per heavy atom. The predicted octanol–water partition coefficient (Wildman–Crippen LogP) is 6.42. The number of halogens is 1. The summed E-state index contributed by atoms with van der Waals surface area (Å²) in [7, 11) is 0. The molecule has 0 radical (unpaired) electrons. The van der Waals surface area contributed by atoms with E-state index in [9.17, 15) is 0 Å². The zero-order valence-electron chi connectivity index (χ0n) is 18.6. The van der Waals surface area contributed by atoms with E-state index in [1.54, 1.807) is 0 Å². The minimum Gasteiger partial charge on any atom is -0.352 e. The summed E-state index contributed by atoms with van der Waals surface area (Å²) in [6.45, 7) is 5.10. The first-order valence-electron chi connectivity index (χ1n) is 11.0. The lowest BCUT2D eigenvalue weighted by molar-refractivity contribution is 0.310. The van der Waals surface area contributed by atoms with Crippen molar-refractivity contribution in [3.05, 3.63) is 118 Å². The number of aromatic nitrogens is 2. The number of pyridine rings is 1. The molecule has 1 aliphatic rings. The summed E-state index contributed by atoms with van der Waals surface area (Å²) in [5, 5.41) is 4.33. The highest BCUT2D eigenvalue weighted by Gasteiger charge is 2.41. The molecule has 0 saturated carbocycles. The second-order valence-electron chi connectivity index (χ2n) is 8.38. The number of aryl methyl sites for hydroxylation is 1. The average Bonchev–Trinajstić information content (AvgIpc) is 3.31. The lowest BCUT2D eigenvalue weighted by Crippen LogP contribution is -2.29. The summed E-state index contributed by atoms with van der Waals surface area (Å²) >= 11 is 9.41. The van der Waals surface area contributed by atoms with Crippen LogP contribution in [-0.4, -0.2) is 19.6 Å². The second-order valence-corrected chi connectivity index (χ2v) is 9.68. The first kappa shape index (κ1) is 21.9. The summed E-state index contributed by atoms with van der Waals surface area (Å²) in [6, 6.07) is 27.3. The van der Waals surface area contributed by atoms with Gasteiger partial charge in [0.25, 0.3) is 0 Å². The van der Waals surface area contributed by atoms with Crippen molar-refractivity contribution in [3.63, 3.8) is 0 Å². The molecule has 4 nitrogen and oxygen atoms in total. The molecule has 5 rings (SSSR count). The number of benzene rings is 2. The predicted molar refractivity (Wildman–Crippen MR) is 140 cm³/mol. The van der Waals surface area contributed by atoms with Gasteiger partial charge in [-0.2, -0.15) is 0 Å². The van der Waals surface area contributed by atoms with Gasteiger partial charge in [0.1, 0.15) is 0 Å². The Bertz CT molecular complexity index is 1270. The van der Waals surface area contributed by atoms with E-state index in [2.05, 4.69) is 110 Å². The molecule has 6 heteroatoms. The highest BCUT2D eigenvalue weighted by molar-refractivity contribution is 9.10. The van der Waals surface area contributed by atoms with Crippen molar-refractivity contribution < 1.29 is 0 Å². The average molecular weight is 517 g/mol. The number of rotatable bonds is 5. The normalized spacial score (nSPS) is 17.9. The summed E-state index contributed by atoms with van der Waals surface area (Å²) in [5.74, 6) is 0. The van der Waals surface area contributed by atoms with E-state index < -0.39 is 0 Å². The van der Waals surface area contributed by atoms with Gasteiger partial charge in [-0.05, 0) is 79.7 Å². The van der Waals surface area contributed by atoms with Crippen LogP contribution in [0.3, 0.4) is 0 Å². The van der Waals surface area contributed by atoms with Gasteiger partial charge in [-0.1, -0.05) is 52.3 Å². The van der Waals surface area contributed by atoms with Crippen LogP contribution in [0.15, 0.2) is 89.5 Å². The highest BCUT2D eigenvalue weighted by Crippen LogP contribution is 2.42. The number of nitrogens with zero attached hydrogens (tertiary/aromatic N) is 3. The zero-order chi connectivity index (χ0) is 22.9. The standard InChI is InChI=1S/C27H25BrN4S/c1-18-16-23(19(2)32(18)22-13-11-21(28)12-14-22)26-25(24-10-6-7-15-29-24)30-27(33)31(26)17-20-8-4-3-5-9-20/h3-16,25-26H,17H2,1-2H3,(H,30,33)/t25-,26-/m1/s1. The molecule has 0 spiro atoms. The molecule has 1 saturated heterocycles. The van der Waals surface area contributed by atoms with Crippen molar-refractivity contribution in [2.24, 2.45) is 0 Å². The summed E-state index contributed by atoms with van der Waals surface area (Å²) in [4.78, 5) is 6.98. The van der Waals surface area contributed by atoms with Gasteiger partial charge in [0.2, 0.25) is 0 Å². The van der Waals surface area contributed by atoms with Crippen LogP contribution in [0.5, 0.6) is 0 Å². The minimum atomic E-state index is -0.0266. The van der Waals surface area contributed by atoms with Gasteiger partial charge in [0, 0.05) is 34.3 Å². The van der Waals surface area contributed by atoms with E-state index in [0.29, 0.717) is 0 Å². The molecule has 1 N–H and O–H groups in total. The molecule has 0 amide bonds. The molecule has 0 aliphatic carbocycles. The Balaban J connectivity index is 1.61. The number of thiocarbonyl (C=S) groups is 1. The zero-order valence-corrected chi connectivity index (χ0v) is 21.0. The fourth-order valence-corrected chi connectivity index (χ4v) is 5.34. The molecule has 0 bridgehead atoms. The molecule has 166 valence electrons. The molecule has 2 atom stereocenters. The maximum atomic E-state index is 5.86. The Hall–Kier alpha value is -2.96. The third-order valence-corrected chi connectivity index (χ3v) is 7.15. The molecule has 1 fully saturated rings. The van der Waals surface area contributed by atoms with Crippen LogP contribution in [-0.2, 0) is 6.54 Å². The van der Waals surface area contributed by atoms with Crippen LogP contribution in [0.1, 0.15) is 40.3 Å². The molecule has 2 aromatic carbocycles. The molecule has 1 aliphatic heterocycles. The fraction of sp³-hybridized carbons (Fsp3) is 0.185. The van der Waals surface area contributed by atoms with E-state index in [-0.39, 0.29) is 12.1 Å². The van der Waals surface area contributed by atoms with Gasteiger partial charge in [-0.25, -0.2) is 0 Å². The van der Waals surface area contributed by atoms with Crippen LogP contribution in [0.2, 0.25) is 0 Å². The number of hydrogen-bond donors (Lipinski definition) is 1. The van der Waals surface area contributed by atoms with Gasteiger partial charge < -0.3 is 14.8 Å². The maximum absolute atomic E-state index is 5.86. The van der Waals surface area contributed by atoms with E-state index in [0.717, 1.165) is 27.5 Å². The van der Waals surface area contributed by atoms with Crippen molar-refractivity contribution in [1.29, 1.82) is 0 Å². The molecular formula is C27H25BrN4S.